The van der Waals surface area contributed by atoms with E-state index in [4.69, 9.17) is 11.6 Å². The van der Waals surface area contributed by atoms with E-state index in [0.29, 0.717) is 12.8 Å². The van der Waals surface area contributed by atoms with Crippen LogP contribution in [0.4, 0.5) is 4.39 Å². The van der Waals surface area contributed by atoms with Crippen LogP contribution in [0.25, 0.3) is 0 Å². The predicted octanol–water partition coefficient (Wildman–Crippen LogP) is 2.62. The fraction of sp³-hybridized carbons (Fsp3) is 0.417. The first-order valence-electron chi connectivity index (χ1n) is 5.25. The van der Waals surface area contributed by atoms with Gasteiger partial charge < -0.3 is 5.32 Å². The molecule has 1 N–H and O–H groups in total. The van der Waals surface area contributed by atoms with E-state index in [-0.39, 0.29) is 5.02 Å². The van der Waals surface area contributed by atoms with Gasteiger partial charge in [0, 0.05) is 0 Å². The second-order valence-electron chi connectivity index (χ2n) is 4.07. The van der Waals surface area contributed by atoms with Crippen molar-refractivity contribution in [3.05, 3.63) is 34.6 Å². The molecule has 84 valence electrons. The lowest BCUT2D eigenvalue weighted by Crippen LogP contribution is -2.38. The number of nitriles is 1. The minimum atomic E-state index is -0.559. The van der Waals surface area contributed by atoms with Gasteiger partial charge in [-0.15, -0.1) is 0 Å². The zero-order chi connectivity index (χ0) is 11.6. The first kappa shape index (κ1) is 11.4. The van der Waals surface area contributed by atoms with E-state index in [9.17, 15) is 9.65 Å². The molecule has 1 aliphatic rings. The summed E-state index contributed by atoms with van der Waals surface area (Å²) in [6.45, 7) is 1.58. The molecule has 0 atom stereocenters. The number of nitrogens with zero attached hydrogens (tertiary/aromatic N) is 1. The highest BCUT2D eigenvalue weighted by Gasteiger charge is 2.34. The van der Waals surface area contributed by atoms with Gasteiger partial charge in [0.15, 0.2) is 0 Å². The average Bonchev–Trinajstić information content (AvgIpc) is 2.33. The van der Waals surface area contributed by atoms with E-state index in [2.05, 4.69) is 11.4 Å². The molecule has 1 aliphatic heterocycles. The number of hydrogen-bond donors (Lipinski definition) is 1. The van der Waals surface area contributed by atoms with Crippen molar-refractivity contribution in [3.63, 3.8) is 0 Å². The summed E-state index contributed by atoms with van der Waals surface area (Å²) in [5, 5.41) is 12.6. The SMILES string of the molecule is N#CC1(c2ccc(Cl)c(F)c2)CCNCC1. The fourth-order valence-corrected chi connectivity index (χ4v) is 2.23. The Kier molecular flexibility index (Phi) is 3.13. The molecule has 1 aromatic rings. The van der Waals surface area contributed by atoms with Gasteiger partial charge in [-0.05, 0) is 43.6 Å². The smallest absolute Gasteiger partial charge is 0.142 e. The maximum absolute atomic E-state index is 13.4. The number of nitrogens with one attached hydrogen (secondary N) is 1. The molecule has 0 unspecified atom stereocenters. The topological polar surface area (TPSA) is 35.8 Å². The molecular weight excluding hydrogens is 227 g/mol. The molecule has 2 nitrogen and oxygen atoms in total. The average molecular weight is 239 g/mol. The normalized spacial score (nSPS) is 19.1. The first-order valence-corrected chi connectivity index (χ1v) is 5.63. The zero-order valence-electron chi connectivity index (χ0n) is 8.76. The van der Waals surface area contributed by atoms with Gasteiger partial charge in [-0.3, -0.25) is 0 Å². The fourth-order valence-electron chi connectivity index (χ4n) is 2.11. The Morgan fingerprint density at radius 1 is 1.38 bits per heavy atom. The molecule has 0 aliphatic carbocycles. The van der Waals surface area contributed by atoms with Crippen molar-refractivity contribution in [2.24, 2.45) is 0 Å². The summed E-state index contributed by atoms with van der Waals surface area (Å²) >= 11 is 5.64. The molecule has 0 bridgehead atoms. The Balaban J connectivity index is 2.40. The quantitative estimate of drug-likeness (QED) is 0.817. The highest BCUT2D eigenvalue weighted by Crippen LogP contribution is 2.34. The Labute approximate surface area is 99.0 Å². The summed E-state index contributed by atoms with van der Waals surface area (Å²) in [7, 11) is 0. The summed E-state index contributed by atoms with van der Waals surface area (Å²) in [6, 6.07) is 6.99. The number of hydrogen-bond acceptors (Lipinski definition) is 2. The van der Waals surface area contributed by atoms with Crippen molar-refractivity contribution in [1.82, 2.24) is 5.32 Å². The van der Waals surface area contributed by atoms with Crippen LogP contribution in [0.15, 0.2) is 18.2 Å². The lowest BCUT2D eigenvalue weighted by atomic mass is 9.74. The van der Waals surface area contributed by atoms with E-state index >= 15 is 0 Å². The molecule has 1 fully saturated rings. The third-order valence-corrected chi connectivity index (χ3v) is 3.45. The second-order valence-corrected chi connectivity index (χ2v) is 4.48. The van der Waals surface area contributed by atoms with E-state index in [1.54, 1.807) is 6.07 Å². The largest absolute Gasteiger partial charge is 0.317 e. The van der Waals surface area contributed by atoms with Crippen LogP contribution in [0.5, 0.6) is 0 Å². The number of rotatable bonds is 1. The van der Waals surface area contributed by atoms with E-state index in [1.807, 2.05) is 0 Å². The molecule has 1 aromatic carbocycles. The van der Waals surface area contributed by atoms with Crippen LogP contribution < -0.4 is 5.32 Å². The molecule has 0 radical (unpaired) electrons. The maximum Gasteiger partial charge on any atom is 0.142 e. The molecule has 4 heteroatoms. The molecule has 2 rings (SSSR count). The summed E-state index contributed by atoms with van der Waals surface area (Å²) in [5.74, 6) is -0.452. The van der Waals surface area contributed by atoms with Gasteiger partial charge in [0.05, 0.1) is 16.5 Å². The van der Waals surface area contributed by atoms with Crippen molar-refractivity contribution in [1.29, 1.82) is 5.26 Å². The third kappa shape index (κ3) is 1.91. The van der Waals surface area contributed by atoms with Gasteiger partial charge >= 0.3 is 0 Å². The van der Waals surface area contributed by atoms with Gasteiger partial charge in [-0.2, -0.15) is 5.26 Å². The minimum Gasteiger partial charge on any atom is -0.317 e. The highest BCUT2D eigenvalue weighted by molar-refractivity contribution is 6.30. The van der Waals surface area contributed by atoms with Crippen LogP contribution in [-0.2, 0) is 5.41 Å². The van der Waals surface area contributed by atoms with E-state index < -0.39 is 11.2 Å². The van der Waals surface area contributed by atoms with Crippen molar-refractivity contribution in [3.8, 4) is 6.07 Å². The first-order chi connectivity index (χ1) is 7.68. The van der Waals surface area contributed by atoms with Gasteiger partial charge in [0.2, 0.25) is 0 Å². The van der Waals surface area contributed by atoms with E-state index in [0.717, 1.165) is 18.7 Å². The van der Waals surface area contributed by atoms with Gasteiger partial charge in [0.25, 0.3) is 0 Å². The van der Waals surface area contributed by atoms with Crippen LogP contribution in [0.3, 0.4) is 0 Å². The third-order valence-electron chi connectivity index (χ3n) is 3.14. The highest BCUT2D eigenvalue weighted by atomic mass is 35.5. The molecule has 1 heterocycles. The lowest BCUT2D eigenvalue weighted by molar-refractivity contribution is 0.381. The summed E-state index contributed by atoms with van der Waals surface area (Å²) in [5.41, 5.74) is 0.176. The Bertz CT molecular complexity index is 433. The summed E-state index contributed by atoms with van der Waals surface area (Å²) in [4.78, 5) is 0. The number of halogens is 2. The Morgan fingerprint density at radius 2 is 2.06 bits per heavy atom. The molecule has 1 saturated heterocycles. The summed E-state index contributed by atoms with van der Waals surface area (Å²) in [6.07, 6.45) is 1.43. The predicted molar refractivity (Wildman–Crippen MR) is 60.8 cm³/mol. The maximum atomic E-state index is 13.4. The molecule has 16 heavy (non-hydrogen) atoms. The van der Waals surface area contributed by atoms with Gasteiger partial charge in [-0.25, -0.2) is 4.39 Å². The lowest BCUT2D eigenvalue weighted by Gasteiger charge is -2.31. The molecule has 0 spiro atoms. The number of piperidine rings is 1. The van der Waals surface area contributed by atoms with Crippen LogP contribution in [0.1, 0.15) is 18.4 Å². The van der Waals surface area contributed by atoms with Crippen molar-refractivity contribution in [2.45, 2.75) is 18.3 Å². The van der Waals surface area contributed by atoms with Crippen molar-refractivity contribution < 1.29 is 4.39 Å². The monoisotopic (exact) mass is 238 g/mol. The molecule has 0 saturated carbocycles. The molecule has 0 amide bonds. The van der Waals surface area contributed by atoms with Crippen LogP contribution in [-0.4, -0.2) is 13.1 Å². The van der Waals surface area contributed by atoms with Crippen molar-refractivity contribution >= 4 is 11.6 Å². The Hall–Kier alpha value is -1.11. The minimum absolute atomic E-state index is 0.103. The summed E-state index contributed by atoms with van der Waals surface area (Å²) < 4.78 is 13.4. The zero-order valence-corrected chi connectivity index (χ0v) is 9.52. The van der Waals surface area contributed by atoms with Gasteiger partial charge in [-0.1, -0.05) is 17.7 Å². The van der Waals surface area contributed by atoms with Crippen LogP contribution >= 0.6 is 11.6 Å². The second kappa shape index (κ2) is 4.40. The van der Waals surface area contributed by atoms with Gasteiger partial charge in [0.1, 0.15) is 5.82 Å². The van der Waals surface area contributed by atoms with Crippen LogP contribution in [0, 0.1) is 17.1 Å². The van der Waals surface area contributed by atoms with Crippen LogP contribution in [0.2, 0.25) is 5.02 Å². The standard InChI is InChI=1S/C12H12ClFN2/c13-10-2-1-9(7-11(10)14)12(8-15)3-5-16-6-4-12/h1-2,7,16H,3-6H2. The molecular formula is C12H12ClFN2. The Morgan fingerprint density at radius 3 is 2.62 bits per heavy atom. The van der Waals surface area contributed by atoms with Crippen molar-refractivity contribution in [2.75, 3.05) is 13.1 Å². The van der Waals surface area contributed by atoms with E-state index in [1.165, 1.54) is 12.1 Å². The number of benzene rings is 1. The molecule has 0 aromatic heterocycles.